The number of thiophene rings is 1. The normalized spacial score (nSPS) is 10.5. The molecule has 1 amide bonds. The Morgan fingerprint density at radius 3 is 2.71 bits per heavy atom. The molecule has 0 fully saturated rings. The second-order valence-electron chi connectivity index (χ2n) is 5.80. The van der Waals surface area contributed by atoms with Gasteiger partial charge in [0, 0.05) is 11.6 Å². The van der Waals surface area contributed by atoms with Crippen LogP contribution in [0.5, 0.6) is 5.75 Å². The van der Waals surface area contributed by atoms with Crippen molar-refractivity contribution < 1.29 is 19.1 Å². The van der Waals surface area contributed by atoms with Crippen molar-refractivity contribution in [3.63, 3.8) is 0 Å². The summed E-state index contributed by atoms with van der Waals surface area (Å²) in [5.74, 6) is -0.208. The molecule has 0 saturated carbocycles. The van der Waals surface area contributed by atoms with Crippen molar-refractivity contribution in [1.82, 2.24) is 0 Å². The molecule has 0 aliphatic heterocycles. The summed E-state index contributed by atoms with van der Waals surface area (Å²) >= 11 is 1.04. The molecule has 2 rings (SSSR count). The van der Waals surface area contributed by atoms with Crippen LogP contribution in [-0.2, 0) is 9.53 Å². The number of rotatable bonds is 8. The number of para-hydroxylation sites is 1. The first-order valence-corrected chi connectivity index (χ1v) is 9.74. The molecular weight excluding hydrogens is 376 g/mol. The van der Waals surface area contributed by atoms with Crippen LogP contribution in [0.4, 0.5) is 5.00 Å². The summed E-state index contributed by atoms with van der Waals surface area (Å²) in [4.78, 5) is 24.7. The smallest absolute Gasteiger partial charge is 0.348 e. The Kier molecular flexibility index (Phi) is 7.78. The predicted molar refractivity (Wildman–Crippen MR) is 110 cm³/mol. The van der Waals surface area contributed by atoms with Crippen LogP contribution in [0.3, 0.4) is 0 Å². The number of carbonyl (C=O) groups excluding carboxylic acids is 2. The summed E-state index contributed by atoms with van der Waals surface area (Å²) in [5.41, 5.74) is 1.55. The minimum Gasteiger partial charge on any atom is -0.493 e. The molecule has 0 radical (unpaired) electrons. The van der Waals surface area contributed by atoms with Crippen LogP contribution >= 0.6 is 11.3 Å². The van der Waals surface area contributed by atoms with E-state index in [4.69, 9.17) is 9.47 Å². The van der Waals surface area contributed by atoms with Crippen LogP contribution in [-0.4, -0.2) is 25.1 Å². The fourth-order valence-corrected chi connectivity index (χ4v) is 3.46. The Morgan fingerprint density at radius 1 is 1.29 bits per heavy atom. The van der Waals surface area contributed by atoms with E-state index in [9.17, 15) is 14.9 Å². The molecule has 1 aromatic heterocycles. The van der Waals surface area contributed by atoms with Gasteiger partial charge in [0.2, 0.25) is 5.91 Å². The van der Waals surface area contributed by atoms with Gasteiger partial charge in [-0.25, -0.2) is 4.79 Å². The lowest BCUT2D eigenvalue weighted by Gasteiger charge is -2.07. The number of nitrogens with one attached hydrogen (secondary N) is 1. The maximum atomic E-state index is 12.3. The highest BCUT2D eigenvalue weighted by Crippen LogP contribution is 2.33. The van der Waals surface area contributed by atoms with Crippen molar-refractivity contribution in [3.8, 4) is 11.8 Å². The number of nitrogens with zero attached hydrogens (tertiary/aromatic N) is 1. The van der Waals surface area contributed by atoms with E-state index in [-0.39, 0.29) is 12.2 Å². The lowest BCUT2D eigenvalue weighted by atomic mass is 10.1. The highest BCUT2D eigenvalue weighted by atomic mass is 32.1. The molecule has 0 bridgehead atoms. The van der Waals surface area contributed by atoms with Crippen LogP contribution in [0.2, 0.25) is 0 Å². The van der Waals surface area contributed by atoms with Gasteiger partial charge in [0.15, 0.2) is 0 Å². The van der Waals surface area contributed by atoms with Crippen LogP contribution in [0, 0.1) is 18.3 Å². The third-order valence-electron chi connectivity index (χ3n) is 3.75. The van der Waals surface area contributed by atoms with Crippen molar-refractivity contribution in [2.75, 3.05) is 18.5 Å². The van der Waals surface area contributed by atoms with E-state index in [1.165, 1.54) is 6.08 Å². The third-order valence-corrected chi connectivity index (χ3v) is 4.94. The van der Waals surface area contributed by atoms with Crippen molar-refractivity contribution in [2.24, 2.45) is 0 Å². The van der Waals surface area contributed by atoms with E-state index in [0.29, 0.717) is 27.8 Å². The van der Waals surface area contributed by atoms with Crippen LogP contribution in [0.15, 0.2) is 30.3 Å². The zero-order chi connectivity index (χ0) is 20.5. The Morgan fingerprint density at radius 2 is 2.04 bits per heavy atom. The Bertz CT molecular complexity index is 925. The summed E-state index contributed by atoms with van der Waals surface area (Å²) in [5, 5.41) is 12.4. The summed E-state index contributed by atoms with van der Waals surface area (Å²) in [6, 6.07) is 9.46. The molecule has 0 atom stereocenters. The number of ether oxygens (including phenoxy) is 2. The second kappa shape index (κ2) is 10.3. The number of hydrogen-bond acceptors (Lipinski definition) is 6. The van der Waals surface area contributed by atoms with Gasteiger partial charge in [0.25, 0.3) is 0 Å². The lowest BCUT2D eigenvalue weighted by Crippen LogP contribution is -2.07. The van der Waals surface area contributed by atoms with Gasteiger partial charge in [-0.15, -0.1) is 11.3 Å². The number of carbonyl (C=O) groups is 2. The number of benzene rings is 1. The van der Waals surface area contributed by atoms with E-state index in [1.807, 2.05) is 37.3 Å². The average Bonchev–Trinajstić information content (AvgIpc) is 3.00. The van der Waals surface area contributed by atoms with Crippen molar-refractivity contribution in [2.45, 2.75) is 27.2 Å². The van der Waals surface area contributed by atoms with Gasteiger partial charge in [-0.1, -0.05) is 25.1 Å². The first kappa shape index (κ1) is 21.2. The quantitative estimate of drug-likeness (QED) is 0.521. The molecule has 7 heteroatoms. The molecule has 0 aliphatic rings. The Labute approximate surface area is 168 Å². The number of anilines is 1. The van der Waals surface area contributed by atoms with Crippen LogP contribution in [0.25, 0.3) is 6.08 Å². The molecule has 0 spiro atoms. The Balaban J connectivity index is 2.18. The summed E-state index contributed by atoms with van der Waals surface area (Å²) in [6.07, 6.45) is 3.91. The van der Waals surface area contributed by atoms with Crippen LogP contribution < -0.4 is 10.1 Å². The summed E-state index contributed by atoms with van der Waals surface area (Å²) < 4.78 is 10.7. The molecule has 1 heterocycles. The zero-order valence-corrected chi connectivity index (χ0v) is 16.9. The van der Waals surface area contributed by atoms with E-state index in [1.54, 1.807) is 19.9 Å². The Hall–Kier alpha value is -3.11. The van der Waals surface area contributed by atoms with Crippen molar-refractivity contribution in [3.05, 3.63) is 51.9 Å². The number of hydrogen-bond donors (Lipinski definition) is 1. The summed E-state index contributed by atoms with van der Waals surface area (Å²) in [7, 11) is 0. The highest BCUT2D eigenvalue weighted by Gasteiger charge is 2.21. The molecular formula is C21H22N2O4S. The largest absolute Gasteiger partial charge is 0.493 e. The molecule has 28 heavy (non-hydrogen) atoms. The molecule has 6 nitrogen and oxygen atoms in total. The van der Waals surface area contributed by atoms with Gasteiger partial charge in [0.05, 0.1) is 18.8 Å². The topological polar surface area (TPSA) is 88.4 Å². The second-order valence-corrected chi connectivity index (χ2v) is 6.82. The molecule has 0 saturated heterocycles. The number of esters is 1. The minimum atomic E-state index is -0.500. The predicted octanol–water partition coefficient (Wildman–Crippen LogP) is 4.55. The fourth-order valence-electron chi connectivity index (χ4n) is 2.41. The average molecular weight is 398 g/mol. The third kappa shape index (κ3) is 5.21. The fraction of sp³-hybridized carbons (Fsp3) is 0.286. The molecule has 1 aromatic carbocycles. The summed E-state index contributed by atoms with van der Waals surface area (Å²) in [6.45, 7) is 6.22. The molecule has 0 unspecified atom stereocenters. The van der Waals surface area contributed by atoms with Crippen molar-refractivity contribution >= 4 is 34.3 Å². The van der Waals surface area contributed by atoms with E-state index >= 15 is 0 Å². The number of nitriles is 1. The SMILES string of the molecule is CCCOc1ccccc1/C=C/C(=O)Nc1sc(C(=O)OCC)c(C)c1C#N. The molecule has 2 aromatic rings. The lowest BCUT2D eigenvalue weighted by molar-refractivity contribution is -0.111. The van der Waals surface area contributed by atoms with E-state index in [2.05, 4.69) is 5.32 Å². The standard InChI is InChI=1S/C21H22N2O4S/c1-4-12-27-17-9-7-6-8-15(17)10-11-18(24)23-20-16(13-22)14(3)19(28-20)21(25)26-5-2/h6-11H,4-5,12H2,1-3H3,(H,23,24)/b11-10+. The van der Waals surface area contributed by atoms with E-state index in [0.717, 1.165) is 23.3 Å². The first-order chi connectivity index (χ1) is 13.5. The highest BCUT2D eigenvalue weighted by molar-refractivity contribution is 7.18. The van der Waals surface area contributed by atoms with Gasteiger partial charge in [-0.05, 0) is 38.0 Å². The van der Waals surface area contributed by atoms with Gasteiger partial charge in [-0.3, -0.25) is 4.79 Å². The zero-order valence-electron chi connectivity index (χ0n) is 16.1. The molecule has 146 valence electrons. The van der Waals surface area contributed by atoms with E-state index < -0.39 is 11.9 Å². The van der Waals surface area contributed by atoms with Gasteiger partial charge >= 0.3 is 5.97 Å². The van der Waals surface area contributed by atoms with Gasteiger partial charge in [-0.2, -0.15) is 5.26 Å². The molecule has 0 aliphatic carbocycles. The molecule has 1 N–H and O–H groups in total. The maximum absolute atomic E-state index is 12.3. The number of amides is 1. The maximum Gasteiger partial charge on any atom is 0.348 e. The minimum absolute atomic E-state index is 0.238. The monoisotopic (exact) mass is 398 g/mol. The first-order valence-electron chi connectivity index (χ1n) is 8.93. The van der Waals surface area contributed by atoms with Gasteiger partial charge < -0.3 is 14.8 Å². The van der Waals surface area contributed by atoms with Crippen LogP contribution in [0.1, 0.15) is 46.6 Å². The van der Waals surface area contributed by atoms with Gasteiger partial charge in [0.1, 0.15) is 21.7 Å². The van der Waals surface area contributed by atoms with Crippen molar-refractivity contribution in [1.29, 1.82) is 5.26 Å².